The second kappa shape index (κ2) is 6.04. The molecular formula is C20H22BrNO3. The molecule has 2 amide bonds. The number of anilines is 1. The zero-order valence-corrected chi connectivity index (χ0v) is 16.1. The van der Waals surface area contributed by atoms with Gasteiger partial charge in [-0.05, 0) is 54.9 Å². The summed E-state index contributed by atoms with van der Waals surface area (Å²) in [6.07, 6.45) is 3.63. The van der Waals surface area contributed by atoms with E-state index in [0.717, 1.165) is 47.0 Å². The molecule has 0 unspecified atom stereocenters. The molecule has 132 valence electrons. The maximum absolute atomic E-state index is 13.3. The maximum atomic E-state index is 13.3. The molecular weight excluding hydrogens is 382 g/mol. The normalized spacial score (nSPS) is 31.0. The van der Waals surface area contributed by atoms with E-state index in [0.29, 0.717) is 6.42 Å². The summed E-state index contributed by atoms with van der Waals surface area (Å²) in [5.74, 6) is -0.958. The van der Waals surface area contributed by atoms with Crippen molar-refractivity contribution in [3.8, 4) is 0 Å². The number of carbonyl (C=O) groups is 3. The van der Waals surface area contributed by atoms with E-state index in [9.17, 15) is 14.4 Å². The SMILES string of the molecule is CCc1cc(Br)cc(CC)c1N1C(=O)[C@@H]2[C@H]3CC[C@H](C(=O)C3)[C@@H]2C1=O. The number of carbonyl (C=O) groups excluding carboxylic acids is 3. The van der Waals surface area contributed by atoms with Gasteiger partial charge in [-0.15, -0.1) is 0 Å². The van der Waals surface area contributed by atoms with Crippen molar-refractivity contribution < 1.29 is 14.4 Å². The Morgan fingerprint density at radius 1 is 1.00 bits per heavy atom. The molecule has 0 aromatic heterocycles. The number of imide groups is 1. The Bertz CT molecular complexity index is 762. The highest BCUT2D eigenvalue weighted by Crippen LogP contribution is 2.52. The minimum Gasteiger partial charge on any atom is -0.299 e. The number of hydrogen-bond acceptors (Lipinski definition) is 3. The lowest BCUT2D eigenvalue weighted by atomic mass is 9.59. The number of hydrogen-bond donors (Lipinski definition) is 0. The predicted octanol–water partition coefficient (Wildman–Crippen LogP) is 3.68. The smallest absolute Gasteiger partial charge is 0.238 e. The van der Waals surface area contributed by atoms with E-state index < -0.39 is 5.92 Å². The largest absolute Gasteiger partial charge is 0.299 e. The van der Waals surface area contributed by atoms with Crippen molar-refractivity contribution in [1.29, 1.82) is 0 Å². The van der Waals surface area contributed by atoms with Crippen molar-refractivity contribution >= 4 is 39.2 Å². The first-order valence-corrected chi connectivity index (χ1v) is 9.99. The van der Waals surface area contributed by atoms with Crippen molar-refractivity contribution in [3.05, 3.63) is 27.7 Å². The number of amides is 2. The summed E-state index contributed by atoms with van der Waals surface area (Å²) < 4.78 is 0.969. The Kier molecular flexibility index (Phi) is 4.10. The average molecular weight is 404 g/mol. The molecule has 5 rings (SSSR count). The van der Waals surface area contributed by atoms with Gasteiger partial charge in [0.05, 0.1) is 17.5 Å². The highest BCUT2D eigenvalue weighted by atomic mass is 79.9. The van der Waals surface area contributed by atoms with Crippen LogP contribution in [0, 0.1) is 23.7 Å². The van der Waals surface area contributed by atoms with Crippen LogP contribution in [-0.4, -0.2) is 17.6 Å². The molecule has 1 aliphatic heterocycles. The van der Waals surface area contributed by atoms with Gasteiger partial charge in [0.1, 0.15) is 5.78 Å². The minimum absolute atomic E-state index is 0.0505. The molecule has 3 saturated carbocycles. The summed E-state index contributed by atoms with van der Waals surface area (Å²) in [5, 5.41) is 0. The van der Waals surface area contributed by atoms with Crippen LogP contribution in [-0.2, 0) is 27.2 Å². The number of fused-ring (bicyclic) bond motifs is 2. The highest BCUT2D eigenvalue weighted by Gasteiger charge is 2.61. The summed E-state index contributed by atoms with van der Waals surface area (Å²) in [5.41, 5.74) is 2.78. The topological polar surface area (TPSA) is 54.5 Å². The van der Waals surface area contributed by atoms with Crippen LogP contribution >= 0.6 is 15.9 Å². The van der Waals surface area contributed by atoms with Gasteiger partial charge in [-0.2, -0.15) is 0 Å². The Morgan fingerprint density at radius 3 is 2.16 bits per heavy atom. The number of nitrogens with zero attached hydrogens (tertiary/aromatic N) is 1. The Labute approximate surface area is 156 Å². The Hall–Kier alpha value is -1.49. The van der Waals surface area contributed by atoms with Gasteiger partial charge in [-0.25, -0.2) is 4.90 Å². The Morgan fingerprint density at radius 2 is 1.60 bits per heavy atom. The minimum atomic E-state index is -0.425. The summed E-state index contributed by atoms with van der Waals surface area (Å²) >= 11 is 3.53. The lowest BCUT2D eigenvalue weighted by Gasteiger charge is -2.41. The average Bonchev–Trinajstić information content (AvgIpc) is 2.87. The molecule has 1 saturated heterocycles. The van der Waals surface area contributed by atoms with Gasteiger partial charge in [0.15, 0.2) is 0 Å². The van der Waals surface area contributed by atoms with Crippen LogP contribution in [0.2, 0.25) is 0 Å². The first-order valence-electron chi connectivity index (χ1n) is 9.19. The second-order valence-corrected chi connectivity index (χ2v) is 8.37. The van der Waals surface area contributed by atoms with Crippen molar-refractivity contribution in [2.75, 3.05) is 4.90 Å². The number of aryl methyl sites for hydroxylation is 2. The van der Waals surface area contributed by atoms with E-state index in [1.54, 1.807) is 0 Å². The van der Waals surface area contributed by atoms with Gasteiger partial charge in [0.2, 0.25) is 11.8 Å². The fourth-order valence-corrected chi connectivity index (χ4v) is 5.70. The maximum Gasteiger partial charge on any atom is 0.238 e. The molecule has 1 aromatic rings. The number of benzene rings is 1. The van der Waals surface area contributed by atoms with E-state index >= 15 is 0 Å². The molecule has 2 bridgehead atoms. The molecule has 4 fully saturated rings. The Balaban J connectivity index is 1.84. The van der Waals surface area contributed by atoms with E-state index in [1.807, 2.05) is 26.0 Å². The van der Waals surface area contributed by atoms with Crippen molar-refractivity contribution in [2.24, 2.45) is 23.7 Å². The third kappa shape index (κ3) is 2.35. The lowest BCUT2D eigenvalue weighted by molar-refractivity contribution is -0.143. The number of Topliss-reactive ketones (excluding diaryl/α,β-unsaturated/α-hetero) is 1. The van der Waals surface area contributed by atoms with Crippen LogP contribution < -0.4 is 4.90 Å². The molecule has 4 nitrogen and oxygen atoms in total. The van der Waals surface area contributed by atoms with Crippen LogP contribution in [0.5, 0.6) is 0 Å². The summed E-state index contributed by atoms with van der Waals surface area (Å²) in [6, 6.07) is 3.99. The first-order chi connectivity index (χ1) is 12.0. The second-order valence-electron chi connectivity index (χ2n) is 7.46. The summed E-state index contributed by atoms with van der Waals surface area (Å²) in [6.45, 7) is 4.08. The molecule has 4 aliphatic rings. The quantitative estimate of drug-likeness (QED) is 0.723. The third-order valence-electron chi connectivity index (χ3n) is 6.28. The summed E-state index contributed by atoms with van der Waals surface area (Å²) in [4.78, 5) is 40.2. The van der Waals surface area contributed by atoms with E-state index in [4.69, 9.17) is 0 Å². The number of ketones is 1. The molecule has 4 atom stereocenters. The van der Waals surface area contributed by atoms with Crippen LogP contribution in [0.1, 0.15) is 44.2 Å². The monoisotopic (exact) mass is 403 g/mol. The molecule has 0 radical (unpaired) electrons. The highest BCUT2D eigenvalue weighted by molar-refractivity contribution is 9.10. The molecule has 1 heterocycles. The molecule has 0 spiro atoms. The fourth-order valence-electron chi connectivity index (χ4n) is 5.15. The van der Waals surface area contributed by atoms with Crippen molar-refractivity contribution in [1.82, 2.24) is 0 Å². The molecule has 3 aliphatic carbocycles. The van der Waals surface area contributed by atoms with E-state index in [-0.39, 0.29) is 35.4 Å². The van der Waals surface area contributed by atoms with Crippen molar-refractivity contribution in [3.63, 3.8) is 0 Å². The number of halogens is 1. The molecule has 25 heavy (non-hydrogen) atoms. The van der Waals surface area contributed by atoms with Gasteiger partial charge in [0, 0.05) is 16.8 Å². The molecule has 5 heteroatoms. The van der Waals surface area contributed by atoms with Gasteiger partial charge < -0.3 is 0 Å². The third-order valence-corrected chi connectivity index (χ3v) is 6.74. The van der Waals surface area contributed by atoms with Crippen LogP contribution in [0.4, 0.5) is 5.69 Å². The zero-order chi connectivity index (χ0) is 17.9. The van der Waals surface area contributed by atoms with Gasteiger partial charge in [0.25, 0.3) is 0 Å². The van der Waals surface area contributed by atoms with E-state index in [1.165, 1.54) is 4.90 Å². The summed E-state index contributed by atoms with van der Waals surface area (Å²) in [7, 11) is 0. The number of rotatable bonds is 3. The standard InChI is InChI=1S/C20H22BrNO3/c1-3-10-7-13(21)8-11(4-2)18(10)22-19(24)16-12-5-6-14(15(23)9-12)17(16)20(22)25/h7-8,12,14,16-17H,3-6,9H2,1-2H3/t12-,14+,16+,17-/m0/s1. The fraction of sp³-hybridized carbons (Fsp3) is 0.550. The molecule has 0 N–H and O–H groups in total. The zero-order valence-electron chi connectivity index (χ0n) is 14.5. The van der Waals surface area contributed by atoms with Gasteiger partial charge >= 0.3 is 0 Å². The van der Waals surface area contributed by atoms with Gasteiger partial charge in [-0.1, -0.05) is 29.8 Å². The van der Waals surface area contributed by atoms with Crippen LogP contribution in [0.15, 0.2) is 16.6 Å². The lowest BCUT2D eigenvalue weighted by Crippen LogP contribution is -2.46. The predicted molar refractivity (Wildman–Crippen MR) is 98.2 cm³/mol. The molecule has 1 aromatic carbocycles. The van der Waals surface area contributed by atoms with Gasteiger partial charge in [-0.3, -0.25) is 14.4 Å². The first kappa shape index (κ1) is 17.0. The van der Waals surface area contributed by atoms with Crippen LogP contribution in [0.25, 0.3) is 0 Å². The van der Waals surface area contributed by atoms with Crippen LogP contribution in [0.3, 0.4) is 0 Å². The van der Waals surface area contributed by atoms with Crippen molar-refractivity contribution in [2.45, 2.75) is 46.0 Å². The van der Waals surface area contributed by atoms with E-state index in [2.05, 4.69) is 15.9 Å².